The highest BCUT2D eigenvalue weighted by Crippen LogP contribution is 2.10. The van der Waals surface area contributed by atoms with Crippen molar-refractivity contribution in [3.63, 3.8) is 0 Å². The maximum absolute atomic E-state index is 11.7. The number of aryl methyl sites for hydroxylation is 1. The summed E-state index contributed by atoms with van der Waals surface area (Å²) in [5.41, 5.74) is 2.31. The minimum atomic E-state index is 0. The van der Waals surface area contributed by atoms with Crippen molar-refractivity contribution >= 4 is 18.3 Å². The van der Waals surface area contributed by atoms with Gasteiger partial charge in [-0.25, -0.2) is 0 Å². The second-order valence-corrected chi connectivity index (χ2v) is 5.16. The lowest BCUT2D eigenvalue weighted by molar-refractivity contribution is -0.120. The fraction of sp³-hybridized carbons (Fsp3) is 0.533. The van der Waals surface area contributed by atoms with Crippen LogP contribution in [0.5, 0.6) is 0 Å². The largest absolute Gasteiger partial charge is 0.356 e. The van der Waals surface area contributed by atoms with Gasteiger partial charge in [-0.2, -0.15) is 0 Å². The molecule has 1 heterocycles. The smallest absolute Gasteiger partial charge is 0.224 e. The molecule has 106 valence electrons. The first-order valence-corrected chi connectivity index (χ1v) is 6.77. The van der Waals surface area contributed by atoms with Gasteiger partial charge >= 0.3 is 0 Å². The highest BCUT2D eigenvalue weighted by atomic mass is 35.5. The lowest BCUT2D eigenvalue weighted by Crippen LogP contribution is -2.27. The molecule has 19 heavy (non-hydrogen) atoms. The summed E-state index contributed by atoms with van der Waals surface area (Å²) in [7, 11) is 0. The Hall–Kier alpha value is -1.06. The van der Waals surface area contributed by atoms with E-state index in [1.54, 1.807) is 0 Å². The number of hydrogen-bond donors (Lipinski definition) is 2. The minimum Gasteiger partial charge on any atom is -0.356 e. The van der Waals surface area contributed by atoms with Gasteiger partial charge in [-0.1, -0.05) is 29.8 Å². The summed E-state index contributed by atoms with van der Waals surface area (Å²) in [6, 6.07) is 8.14. The Labute approximate surface area is 121 Å². The zero-order valence-corrected chi connectivity index (χ0v) is 12.3. The summed E-state index contributed by atoms with van der Waals surface area (Å²) in [5.74, 6) is 0.870. The van der Waals surface area contributed by atoms with Crippen molar-refractivity contribution in [2.75, 3.05) is 19.6 Å². The normalized spacial score (nSPS) is 17.8. The van der Waals surface area contributed by atoms with Gasteiger partial charge in [-0.15, -0.1) is 12.4 Å². The van der Waals surface area contributed by atoms with Gasteiger partial charge in [-0.05, 0) is 44.3 Å². The Morgan fingerprint density at radius 1 is 1.37 bits per heavy atom. The van der Waals surface area contributed by atoms with Crippen LogP contribution in [0.15, 0.2) is 24.3 Å². The van der Waals surface area contributed by atoms with Crippen LogP contribution in [-0.2, 0) is 11.2 Å². The summed E-state index contributed by atoms with van der Waals surface area (Å²) in [6.07, 6.45) is 2.82. The molecule has 1 aromatic carbocycles. The molecule has 1 aromatic rings. The van der Waals surface area contributed by atoms with Crippen molar-refractivity contribution in [1.82, 2.24) is 10.6 Å². The number of rotatable bonds is 5. The van der Waals surface area contributed by atoms with Gasteiger partial charge in [0.15, 0.2) is 0 Å². The van der Waals surface area contributed by atoms with Crippen molar-refractivity contribution in [1.29, 1.82) is 0 Å². The number of carbonyl (C=O) groups is 1. The highest BCUT2D eigenvalue weighted by Gasteiger charge is 2.14. The Morgan fingerprint density at radius 2 is 2.11 bits per heavy atom. The van der Waals surface area contributed by atoms with Crippen molar-refractivity contribution in [3.05, 3.63) is 35.4 Å². The van der Waals surface area contributed by atoms with E-state index >= 15 is 0 Å². The predicted molar refractivity (Wildman–Crippen MR) is 80.7 cm³/mol. The molecule has 0 spiro atoms. The second-order valence-electron chi connectivity index (χ2n) is 5.16. The third-order valence-corrected chi connectivity index (χ3v) is 3.52. The topological polar surface area (TPSA) is 41.1 Å². The van der Waals surface area contributed by atoms with E-state index in [0.29, 0.717) is 6.42 Å². The van der Waals surface area contributed by atoms with Crippen molar-refractivity contribution in [2.24, 2.45) is 5.92 Å². The molecule has 1 saturated heterocycles. The van der Waals surface area contributed by atoms with Crippen LogP contribution in [0, 0.1) is 12.8 Å². The van der Waals surface area contributed by atoms with Gasteiger partial charge in [0, 0.05) is 6.54 Å². The standard InChI is InChI=1S/C15H22N2O.ClH/c1-12-2-4-13(5-3-12)10-15(18)17-9-7-14-6-8-16-11-14;/h2-5,14,16H,6-11H2,1H3,(H,17,18);1H. The molecule has 4 heteroatoms. The lowest BCUT2D eigenvalue weighted by atomic mass is 10.1. The molecule has 1 fully saturated rings. The number of benzene rings is 1. The van der Waals surface area contributed by atoms with Crippen LogP contribution in [-0.4, -0.2) is 25.5 Å². The molecule has 0 aromatic heterocycles. The van der Waals surface area contributed by atoms with E-state index in [4.69, 9.17) is 0 Å². The average molecular weight is 283 g/mol. The predicted octanol–water partition coefficient (Wildman–Crippen LogP) is 2.08. The molecular formula is C15H23ClN2O. The molecule has 1 aliphatic heterocycles. The third-order valence-electron chi connectivity index (χ3n) is 3.52. The highest BCUT2D eigenvalue weighted by molar-refractivity contribution is 5.85. The first-order chi connectivity index (χ1) is 8.74. The molecule has 0 bridgehead atoms. The monoisotopic (exact) mass is 282 g/mol. The maximum Gasteiger partial charge on any atom is 0.224 e. The van der Waals surface area contributed by atoms with Crippen molar-refractivity contribution < 1.29 is 4.79 Å². The van der Waals surface area contributed by atoms with E-state index in [-0.39, 0.29) is 18.3 Å². The van der Waals surface area contributed by atoms with Crippen LogP contribution in [0.2, 0.25) is 0 Å². The van der Waals surface area contributed by atoms with Crippen LogP contribution in [0.25, 0.3) is 0 Å². The Bertz CT molecular complexity index is 386. The molecule has 2 N–H and O–H groups in total. The third kappa shape index (κ3) is 5.62. The van der Waals surface area contributed by atoms with Crippen molar-refractivity contribution in [2.45, 2.75) is 26.2 Å². The molecule has 3 nitrogen and oxygen atoms in total. The van der Waals surface area contributed by atoms with E-state index in [9.17, 15) is 4.79 Å². The molecule has 1 aliphatic rings. The SMILES string of the molecule is Cc1ccc(CC(=O)NCCC2CCNC2)cc1.Cl. The quantitative estimate of drug-likeness (QED) is 0.868. The summed E-state index contributed by atoms with van der Waals surface area (Å²) in [5, 5.41) is 6.35. The first kappa shape index (κ1) is 16.0. The van der Waals surface area contributed by atoms with Crippen molar-refractivity contribution in [3.8, 4) is 0 Å². The van der Waals surface area contributed by atoms with Gasteiger partial charge in [0.2, 0.25) is 5.91 Å². The average Bonchev–Trinajstić information content (AvgIpc) is 2.85. The van der Waals surface area contributed by atoms with E-state index in [0.717, 1.165) is 37.5 Å². The molecule has 0 saturated carbocycles. The lowest BCUT2D eigenvalue weighted by Gasteiger charge is -2.09. The summed E-state index contributed by atoms with van der Waals surface area (Å²) in [4.78, 5) is 11.7. The number of carbonyl (C=O) groups excluding carboxylic acids is 1. The van der Waals surface area contributed by atoms with E-state index in [1.807, 2.05) is 24.3 Å². The van der Waals surface area contributed by atoms with Gasteiger partial charge in [0.1, 0.15) is 0 Å². The summed E-state index contributed by atoms with van der Waals surface area (Å²) >= 11 is 0. The summed E-state index contributed by atoms with van der Waals surface area (Å²) < 4.78 is 0. The Morgan fingerprint density at radius 3 is 2.74 bits per heavy atom. The minimum absolute atomic E-state index is 0. The van der Waals surface area contributed by atoms with Crippen LogP contribution >= 0.6 is 12.4 Å². The van der Waals surface area contributed by atoms with E-state index in [1.165, 1.54) is 12.0 Å². The van der Waals surface area contributed by atoms with Gasteiger partial charge in [-0.3, -0.25) is 4.79 Å². The van der Waals surface area contributed by atoms with E-state index in [2.05, 4.69) is 17.6 Å². The number of hydrogen-bond acceptors (Lipinski definition) is 2. The molecule has 1 atom stereocenters. The van der Waals surface area contributed by atoms with Crippen LogP contribution in [0.4, 0.5) is 0 Å². The molecular weight excluding hydrogens is 260 g/mol. The fourth-order valence-electron chi connectivity index (χ4n) is 2.33. The zero-order chi connectivity index (χ0) is 12.8. The van der Waals surface area contributed by atoms with Crippen LogP contribution in [0.1, 0.15) is 24.0 Å². The second kappa shape index (κ2) is 8.18. The first-order valence-electron chi connectivity index (χ1n) is 6.77. The Balaban J connectivity index is 0.00000180. The number of amides is 1. The summed E-state index contributed by atoms with van der Waals surface area (Å²) in [6.45, 7) is 5.09. The zero-order valence-electron chi connectivity index (χ0n) is 11.4. The van der Waals surface area contributed by atoms with Gasteiger partial charge in [0.25, 0.3) is 0 Å². The molecule has 0 radical (unpaired) electrons. The van der Waals surface area contributed by atoms with Gasteiger partial charge < -0.3 is 10.6 Å². The fourth-order valence-corrected chi connectivity index (χ4v) is 2.33. The van der Waals surface area contributed by atoms with Crippen LogP contribution in [0.3, 0.4) is 0 Å². The van der Waals surface area contributed by atoms with E-state index < -0.39 is 0 Å². The molecule has 0 aliphatic carbocycles. The maximum atomic E-state index is 11.7. The molecule has 1 amide bonds. The molecule has 1 unspecified atom stereocenters. The van der Waals surface area contributed by atoms with Crippen LogP contribution < -0.4 is 10.6 Å². The number of nitrogens with one attached hydrogen (secondary N) is 2. The molecule has 2 rings (SSSR count). The Kier molecular flexibility index (Phi) is 6.89. The van der Waals surface area contributed by atoms with Gasteiger partial charge in [0.05, 0.1) is 6.42 Å². The number of halogens is 1.